The molecule has 0 aliphatic carbocycles. The van der Waals surface area contributed by atoms with Gasteiger partial charge in [0.15, 0.2) is 0 Å². The van der Waals surface area contributed by atoms with Crippen LogP contribution in [0.15, 0.2) is 0 Å². The SMILES string of the molecule is CC[C-]=N.[Y]. The minimum Gasteiger partial charge on any atom is -0.519 e. The quantitative estimate of drug-likeness (QED) is 0.419. The van der Waals surface area contributed by atoms with Crippen LogP contribution in [-0.2, 0) is 32.7 Å². The number of nitrogens with one attached hydrogen (secondary N) is 1. The standard InChI is InChI=1S/C3H6N.Y/c1-2-3-4;/h4H,2H2,1H3;/q-1;. The molecule has 0 fully saturated rings. The van der Waals surface area contributed by atoms with Crippen molar-refractivity contribution in [2.45, 2.75) is 13.3 Å². The van der Waals surface area contributed by atoms with Crippen molar-refractivity contribution in [2.75, 3.05) is 0 Å². The third-order valence-corrected chi connectivity index (χ3v) is 0.177. The molecular weight excluding hydrogens is 139 g/mol. The first-order valence-electron chi connectivity index (χ1n) is 1.31. The first kappa shape index (κ1) is 9.24. The van der Waals surface area contributed by atoms with Gasteiger partial charge in [-0.05, 0) is 0 Å². The van der Waals surface area contributed by atoms with Gasteiger partial charge >= 0.3 is 0 Å². The van der Waals surface area contributed by atoms with Gasteiger partial charge in [-0.25, -0.2) is 0 Å². The average Bonchev–Trinajstić information content (AvgIpc) is 1.37. The molecule has 0 aromatic carbocycles. The second-order valence-electron chi connectivity index (χ2n) is 0.530. The van der Waals surface area contributed by atoms with E-state index in [0.717, 1.165) is 6.42 Å². The fourth-order valence-corrected chi connectivity index (χ4v) is 0. The van der Waals surface area contributed by atoms with E-state index >= 15 is 0 Å². The van der Waals surface area contributed by atoms with Crippen LogP contribution in [0.25, 0.3) is 0 Å². The largest absolute Gasteiger partial charge is 0.519 e. The maximum Gasteiger partial charge on any atom is 0 e. The zero-order chi connectivity index (χ0) is 3.41. The summed E-state index contributed by atoms with van der Waals surface area (Å²) in [6.07, 6.45) is 2.92. The molecule has 5 heavy (non-hydrogen) atoms. The molecule has 0 amide bonds. The van der Waals surface area contributed by atoms with Gasteiger partial charge in [0, 0.05) is 32.7 Å². The Bertz CT molecular complexity index is 20.9. The summed E-state index contributed by atoms with van der Waals surface area (Å²) in [6.45, 7) is 1.88. The van der Waals surface area contributed by atoms with Crippen molar-refractivity contribution >= 4 is 6.21 Å². The third kappa shape index (κ3) is 11.7. The molecule has 27 valence electrons. The van der Waals surface area contributed by atoms with Crippen LogP contribution in [0, 0.1) is 5.41 Å². The predicted octanol–water partition coefficient (Wildman–Crippen LogP) is 0.920. The molecule has 0 aromatic heterocycles. The summed E-state index contributed by atoms with van der Waals surface area (Å²) in [7, 11) is 0. The second-order valence-corrected chi connectivity index (χ2v) is 0.530. The first-order chi connectivity index (χ1) is 1.91. The molecule has 1 nitrogen and oxygen atoms in total. The van der Waals surface area contributed by atoms with Crippen molar-refractivity contribution in [2.24, 2.45) is 0 Å². The van der Waals surface area contributed by atoms with Gasteiger partial charge in [0.2, 0.25) is 0 Å². The van der Waals surface area contributed by atoms with Crippen LogP contribution in [0.5, 0.6) is 0 Å². The molecule has 0 spiro atoms. The molecule has 0 atom stereocenters. The molecule has 0 bridgehead atoms. The molecule has 0 heterocycles. The smallest absolute Gasteiger partial charge is 0 e. The van der Waals surface area contributed by atoms with E-state index < -0.39 is 0 Å². The van der Waals surface area contributed by atoms with Gasteiger partial charge in [-0.1, -0.05) is 6.92 Å². The maximum atomic E-state index is 6.20. The van der Waals surface area contributed by atoms with Gasteiger partial charge in [0.05, 0.1) is 0 Å². The minimum absolute atomic E-state index is 0. The number of hydrogen-bond donors (Lipinski definition) is 1. The van der Waals surface area contributed by atoms with Gasteiger partial charge in [-0.2, -0.15) is 6.42 Å². The van der Waals surface area contributed by atoms with Crippen LogP contribution in [0.1, 0.15) is 13.3 Å². The minimum atomic E-state index is 0. The van der Waals surface area contributed by atoms with E-state index in [-0.39, 0.29) is 32.7 Å². The van der Waals surface area contributed by atoms with Crippen LogP contribution < -0.4 is 0 Å². The van der Waals surface area contributed by atoms with Gasteiger partial charge in [0.25, 0.3) is 0 Å². The van der Waals surface area contributed by atoms with E-state index in [1.54, 1.807) is 0 Å². The maximum absolute atomic E-state index is 6.20. The molecule has 0 unspecified atom stereocenters. The summed E-state index contributed by atoms with van der Waals surface area (Å²) in [5.74, 6) is 0. The molecule has 0 aliphatic rings. The summed E-state index contributed by atoms with van der Waals surface area (Å²) in [5.41, 5.74) is 0. The van der Waals surface area contributed by atoms with Crippen molar-refractivity contribution in [1.82, 2.24) is 0 Å². The Labute approximate surface area is 57.5 Å². The third-order valence-electron chi connectivity index (χ3n) is 0.177. The zero-order valence-corrected chi connectivity index (χ0v) is 6.12. The Morgan fingerprint density at radius 1 is 1.80 bits per heavy atom. The van der Waals surface area contributed by atoms with Crippen molar-refractivity contribution < 1.29 is 32.7 Å². The predicted molar refractivity (Wildman–Crippen MR) is 18.0 cm³/mol. The zero-order valence-electron chi connectivity index (χ0n) is 3.28. The summed E-state index contributed by atoms with van der Waals surface area (Å²) >= 11 is 0. The molecular formula is C3H6NY-. The fraction of sp³-hybridized carbons (Fsp3) is 0.667. The number of hydrogen-bond acceptors (Lipinski definition) is 1. The van der Waals surface area contributed by atoms with Crippen LogP contribution in [0.2, 0.25) is 0 Å². The topological polar surface area (TPSA) is 23.9 Å². The molecule has 0 aromatic rings. The van der Waals surface area contributed by atoms with Crippen LogP contribution in [-0.4, -0.2) is 6.21 Å². The molecule has 0 saturated heterocycles. The van der Waals surface area contributed by atoms with Gasteiger partial charge in [0.1, 0.15) is 0 Å². The summed E-state index contributed by atoms with van der Waals surface area (Å²) < 4.78 is 0. The molecule has 0 aliphatic heterocycles. The summed E-state index contributed by atoms with van der Waals surface area (Å²) in [6, 6.07) is 0. The van der Waals surface area contributed by atoms with E-state index in [4.69, 9.17) is 5.41 Å². The monoisotopic (exact) mass is 145 g/mol. The molecule has 0 rings (SSSR count). The van der Waals surface area contributed by atoms with Crippen molar-refractivity contribution in [3.8, 4) is 0 Å². The normalized spacial score (nSPS) is 5.00. The second kappa shape index (κ2) is 8.84. The molecule has 1 N–H and O–H groups in total. The Kier molecular flexibility index (Phi) is 16.3. The summed E-state index contributed by atoms with van der Waals surface area (Å²) in [5, 5.41) is 6.20. The van der Waals surface area contributed by atoms with Crippen LogP contribution in [0.4, 0.5) is 0 Å². The van der Waals surface area contributed by atoms with Crippen molar-refractivity contribution in [3.05, 3.63) is 0 Å². The van der Waals surface area contributed by atoms with Crippen molar-refractivity contribution in [1.29, 1.82) is 5.41 Å². The van der Waals surface area contributed by atoms with E-state index in [1.807, 2.05) is 6.92 Å². The Morgan fingerprint density at radius 2 is 2.00 bits per heavy atom. The van der Waals surface area contributed by atoms with Crippen LogP contribution >= 0.6 is 0 Å². The van der Waals surface area contributed by atoms with E-state index in [0.29, 0.717) is 0 Å². The van der Waals surface area contributed by atoms with E-state index in [1.165, 1.54) is 0 Å². The Hall–Kier alpha value is 0.774. The van der Waals surface area contributed by atoms with Gasteiger partial charge in [-0.3, -0.25) is 0 Å². The average molecular weight is 145 g/mol. The summed E-state index contributed by atoms with van der Waals surface area (Å²) in [4.78, 5) is 0. The van der Waals surface area contributed by atoms with Gasteiger partial charge < -0.3 is 11.6 Å². The molecule has 0 saturated carbocycles. The van der Waals surface area contributed by atoms with Gasteiger partial charge in [-0.15, -0.1) is 0 Å². The molecule has 2 heteroatoms. The Morgan fingerprint density at radius 3 is 2.00 bits per heavy atom. The van der Waals surface area contributed by atoms with Crippen molar-refractivity contribution in [3.63, 3.8) is 0 Å². The number of rotatable bonds is 1. The first-order valence-corrected chi connectivity index (χ1v) is 1.31. The molecule has 1 radical (unpaired) electrons. The van der Waals surface area contributed by atoms with Crippen LogP contribution in [0.3, 0.4) is 0 Å². The van der Waals surface area contributed by atoms with E-state index in [2.05, 4.69) is 6.21 Å². The fourth-order valence-electron chi connectivity index (χ4n) is 0. The Balaban J connectivity index is 0. The van der Waals surface area contributed by atoms with E-state index in [9.17, 15) is 0 Å².